The summed E-state index contributed by atoms with van der Waals surface area (Å²) in [7, 11) is 0. The Morgan fingerprint density at radius 3 is 2.52 bits per heavy atom. The summed E-state index contributed by atoms with van der Waals surface area (Å²) in [6.45, 7) is 4.92. The summed E-state index contributed by atoms with van der Waals surface area (Å²) in [5.74, 6) is 1.48. The first kappa shape index (κ1) is 23.7. The third-order valence-electron chi connectivity index (χ3n) is 4.88. The number of nitrogens with zero attached hydrogens (tertiary/aromatic N) is 2. The van der Waals surface area contributed by atoms with E-state index < -0.39 is 0 Å². The van der Waals surface area contributed by atoms with E-state index >= 15 is 0 Å². The number of halogens is 2. The van der Waals surface area contributed by atoms with Crippen molar-refractivity contribution in [2.45, 2.75) is 30.1 Å². The zero-order chi connectivity index (χ0) is 22.4. The first-order valence-corrected chi connectivity index (χ1v) is 12.5. The van der Waals surface area contributed by atoms with E-state index in [4.69, 9.17) is 32.7 Å². The van der Waals surface area contributed by atoms with Crippen molar-refractivity contribution < 1.29 is 9.47 Å². The molecule has 0 spiro atoms. The van der Waals surface area contributed by atoms with Gasteiger partial charge in [0.15, 0.2) is 5.75 Å². The van der Waals surface area contributed by atoms with Gasteiger partial charge < -0.3 is 9.47 Å². The van der Waals surface area contributed by atoms with Gasteiger partial charge in [0.2, 0.25) is 0 Å². The highest BCUT2D eigenvalue weighted by atomic mass is 35.5. The van der Waals surface area contributed by atoms with Crippen molar-refractivity contribution in [3.05, 3.63) is 69.3 Å². The quantitative estimate of drug-likeness (QED) is 0.239. The minimum atomic E-state index is -0.374. The van der Waals surface area contributed by atoms with Crippen molar-refractivity contribution in [2.75, 3.05) is 18.7 Å². The molecule has 8 heteroatoms. The van der Waals surface area contributed by atoms with Crippen molar-refractivity contribution in [3.63, 3.8) is 0 Å². The number of nitriles is 1. The smallest absolute Gasteiger partial charge is 0.155 e. The Hall–Kier alpha value is -1.91. The fraction of sp³-hybridized carbons (Fsp3) is 0.304. The molecule has 0 unspecified atom stereocenters. The van der Waals surface area contributed by atoms with E-state index in [0.717, 1.165) is 21.9 Å². The minimum absolute atomic E-state index is 0.291. The lowest BCUT2D eigenvalue weighted by Gasteiger charge is -2.27. The molecule has 3 rings (SSSR count). The Balaban J connectivity index is 1.78. The molecule has 0 aliphatic carbocycles. The average molecular weight is 493 g/mol. The SMILES string of the molecule is CSc1cnc(COc2ccc(C(C)(C)c3cc(Cl)c(OCCCl)c(C#N)c3)cc2)s1. The number of rotatable bonds is 9. The molecule has 31 heavy (non-hydrogen) atoms. The Labute approximate surface area is 201 Å². The highest BCUT2D eigenvalue weighted by Crippen LogP contribution is 2.38. The predicted octanol–water partition coefficient (Wildman–Crippen LogP) is 6.91. The molecule has 0 saturated carbocycles. The molecule has 1 aromatic heterocycles. The topological polar surface area (TPSA) is 55.1 Å². The van der Waals surface area contributed by atoms with Gasteiger partial charge in [0, 0.05) is 5.41 Å². The normalized spacial score (nSPS) is 11.2. The highest BCUT2D eigenvalue weighted by Gasteiger charge is 2.26. The van der Waals surface area contributed by atoms with Crippen LogP contribution < -0.4 is 9.47 Å². The molecule has 1 heterocycles. The molecule has 0 fully saturated rings. The Morgan fingerprint density at radius 2 is 1.90 bits per heavy atom. The van der Waals surface area contributed by atoms with Gasteiger partial charge in [0.05, 0.1) is 26.9 Å². The van der Waals surface area contributed by atoms with Gasteiger partial charge in [0.25, 0.3) is 0 Å². The van der Waals surface area contributed by atoms with E-state index in [-0.39, 0.29) is 5.41 Å². The van der Waals surface area contributed by atoms with Crippen LogP contribution in [0.3, 0.4) is 0 Å². The zero-order valence-corrected chi connectivity index (χ0v) is 20.6. The van der Waals surface area contributed by atoms with Gasteiger partial charge in [-0.2, -0.15) is 5.26 Å². The molecule has 0 aliphatic rings. The third kappa shape index (κ3) is 5.67. The molecule has 0 radical (unpaired) electrons. The number of aromatic nitrogens is 1. The Morgan fingerprint density at radius 1 is 1.16 bits per heavy atom. The number of benzene rings is 2. The Bertz CT molecular complexity index is 1080. The summed E-state index contributed by atoms with van der Waals surface area (Å²) in [5.41, 5.74) is 2.02. The monoisotopic (exact) mass is 492 g/mol. The van der Waals surface area contributed by atoms with Crippen molar-refractivity contribution in [1.29, 1.82) is 5.26 Å². The van der Waals surface area contributed by atoms with E-state index in [1.54, 1.807) is 23.1 Å². The first-order valence-electron chi connectivity index (χ1n) is 9.54. The lowest BCUT2D eigenvalue weighted by atomic mass is 9.77. The summed E-state index contributed by atoms with van der Waals surface area (Å²) in [6, 6.07) is 13.8. The van der Waals surface area contributed by atoms with Crippen LogP contribution in [0.2, 0.25) is 5.02 Å². The summed E-state index contributed by atoms with van der Waals surface area (Å²) >= 11 is 15.4. The van der Waals surface area contributed by atoms with E-state index in [0.29, 0.717) is 35.4 Å². The molecule has 0 amide bonds. The number of ether oxygens (including phenoxy) is 2. The van der Waals surface area contributed by atoms with Gasteiger partial charge in [-0.1, -0.05) is 37.6 Å². The van der Waals surface area contributed by atoms with Gasteiger partial charge in [-0.3, -0.25) is 0 Å². The summed E-state index contributed by atoms with van der Waals surface area (Å²) < 4.78 is 12.6. The van der Waals surface area contributed by atoms with Crippen LogP contribution in [0, 0.1) is 11.3 Å². The van der Waals surface area contributed by atoms with Gasteiger partial charge in [-0.05, 0) is 41.6 Å². The molecule has 0 bridgehead atoms. The number of thiazole rings is 1. The summed E-state index contributed by atoms with van der Waals surface area (Å²) in [4.78, 5) is 4.37. The van der Waals surface area contributed by atoms with Gasteiger partial charge in [-0.25, -0.2) is 4.98 Å². The Kier molecular flexibility index (Phi) is 8.12. The molecule has 0 N–H and O–H groups in total. The lowest BCUT2D eigenvalue weighted by molar-refractivity contribution is 0.305. The molecule has 0 atom stereocenters. The number of hydrogen-bond acceptors (Lipinski definition) is 6. The van der Waals surface area contributed by atoms with Crippen LogP contribution >= 0.6 is 46.3 Å². The van der Waals surface area contributed by atoms with Crippen molar-refractivity contribution in [3.8, 4) is 17.6 Å². The first-order chi connectivity index (χ1) is 14.9. The van der Waals surface area contributed by atoms with Crippen LogP contribution in [0.4, 0.5) is 0 Å². The molecule has 4 nitrogen and oxygen atoms in total. The van der Waals surface area contributed by atoms with Crippen LogP contribution in [-0.4, -0.2) is 23.7 Å². The van der Waals surface area contributed by atoms with Crippen molar-refractivity contribution in [2.24, 2.45) is 0 Å². The average Bonchev–Trinajstić information content (AvgIpc) is 3.24. The second-order valence-electron chi connectivity index (χ2n) is 7.20. The lowest BCUT2D eigenvalue weighted by Crippen LogP contribution is -2.19. The van der Waals surface area contributed by atoms with E-state index in [1.807, 2.05) is 48.9 Å². The summed E-state index contributed by atoms with van der Waals surface area (Å²) in [5, 5.41) is 10.9. The maximum absolute atomic E-state index is 9.57. The van der Waals surface area contributed by atoms with E-state index in [2.05, 4.69) is 24.9 Å². The predicted molar refractivity (Wildman–Crippen MR) is 129 cm³/mol. The van der Waals surface area contributed by atoms with Gasteiger partial charge >= 0.3 is 0 Å². The second-order valence-corrected chi connectivity index (χ2v) is 10.2. The second kappa shape index (κ2) is 10.6. The molecule has 162 valence electrons. The zero-order valence-electron chi connectivity index (χ0n) is 17.4. The molecular weight excluding hydrogens is 471 g/mol. The van der Waals surface area contributed by atoms with E-state index in [1.165, 1.54) is 4.21 Å². The summed E-state index contributed by atoms with van der Waals surface area (Å²) in [6.07, 6.45) is 3.90. The molecule has 0 saturated heterocycles. The fourth-order valence-electron chi connectivity index (χ4n) is 3.06. The maximum atomic E-state index is 9.57. The van der Waals surface area contributed by atoms with Gasteiger partial charge in [-0.15, -0.1) is 34.7 Å². The number of hydrogen-bond donors (Lipinski definition) is 0. The van der Waals surface area contributed by atoms with Crippen LogP contribution in [0.5, 0.6) is 11.5 Å². The molecular formula is C23H22Cl2N2O2S2. The third-order valence-corrected chi connectivity index (χ3v) is 7.34. The molecule has 0 aliphatic heterocycles. The van der Waals surface area contributed by atoms with Crippen LogP contribution in [0.25, 0.3) is 0 Å². The number of alkyl halides is 1. The molecule has 2 aromatic carbocycles. The molecule has 3 aromatic rings. The van der Waals surface area contributed by atoms with Crippen LogP contribution in [0.15, 0.2) is 46.8 Å². The van der Waals surface area contributed by atoms with E-state index in [9.17, 15) is 5.26 Å². The highest BCUT2D eigenvalue weighted by molar-refractivity contribution is 8.00. The maximum Gasteiger partial charge on any atom is 0.155 e. The fourth-order valence-corrected chi connectivity index (χ4v) is 4.75. The largest absolute Gasteiger partial charge is 0.489 e. The van der Waals surface area contributed by atoms with Crippen molar-refractivity contribution in [1.82, 2.24) is 4.98 Å². The number of thioether (sulfide) groups is 1. The van der Waals surface area contributed by atoms with Crippen LogP contribution in [-0.2, 0) is 12.0 Å². The standard InChI is InChI=1S/C23H22Cl2N2O2S2/c1-23(2,17-10-15(12-26)22(19(25)11-17)28-9-8-24)16-4-6-18(7-5-16)29-14-20-27-13-21(30-3)31-20/h4-7,10-11,13H,8-9,14H2,1-3H3. The van der Waals surface area contributed by atoms with Crippen molar-refractivity contribution >= 4 is 46.3 Å². The van der Waals surface area contributed by atoms with Gasteiger partial charge in [0.1, 0.15) is 30.0 Å². The minimum Gasteiger partial charge on any atom is -0.489 e. The van der Waals surface area contributed by atoms with Crippen LogP contribution in [0.1, 0.15) is 35.5 Å².